The lowest BCUT2D eigenvalue weighted by atomic mass is 10.1. The van der Waals surface area contributed by atoms with E-state index >= 15 is 0 Å². The Hall–Kier alpha value is -3.61. The predicted octanol–water partition coefficient (Wildman–Crippen LogP) is 3.22. The highest BCUT2D eigenvalue weighted by atomic mass is 16.6. The SMILES string of the molecule is Cc1nc2ccccc2cc1C(=O)NN=Cc1ccc([N+](=O)[O-])cc1. The number of nitrogens with one attached hydrogen (secondary N) is 1. The van der Waals surface area contributed by atoms with Crippen molar-refractivity contribution in [2.75, 3.05) is 0 Å². The highest BCUT2D eigenvalue weighted by Crippen LogP contribution is 2.16. The number of hydrogen-bond donors (Lipinski definition) is 1. The van der Waals surface area contributed by atoms with Crippen LogP contribution in [0.25, 0.3) is 10.9 Å². The number of non-ortho nitro benzene ring substituents is 1. The number of pyridine rings is 1. The molecule has 0 unspecified atom stereocenters. The number of aryl methyl sites for hydroxylation is 1. The van der Waals surface area contributed by atoms with Crippen LogP contribution < -0.4 is 5.43 Å². The van der Waals surface area contributed by atoms with Crippen molar-refractivity contribution in [3.8, 4) is 0 Å². The molecule has 0 fully saturated rings. The molecular weight excluding hydrogens is 320 g/mol. The number of carbonyl (C=O) groups excluding carboxylic acids is 1. The number of hydrazone groups is 1. The van der Waals surface area contributed by atoms with E-state index in [-0.39, 0.29) is 11.6 Å². The highest BCUT2D eigenvalue weighted by molar-refractivity contribution is 5.99. The van der Waals surface area contributed by atoms with Crippen molar-refractivity contribution in [3.05, 3.63) is 81.5 Å². The summed E-state index contributed by atoms with van der Waals surface area (Å²) in [7, 11) is 0. The van der Waals surface area contributed by atoms with Gasteiger partial charge >= 0.3 is 0 Å². The normalized spacial score (nSPS) is 10.9. The second kappa shape index (κ2) is 6.88. The molecule has 0 radical (unpaired) electrons. The van der Waals surface area contributed by atoms with Crippen LogP contribution in [0.1, 0.15) is 21.6 Å². The van der Waals surface area contributed by atoms with Gasteiger partial charge in [0.2, 0.25) is 0 Å². The van der Waals surface area contributed by atoms with E-state index < -0.39 is 4.92 Å². The molecule has 124 valence electrons. The molecule has 1 heterocycles. The van der Waals surface area contributed by atoms with Gasteiger partial charge in [0, 0.05) is 17.5 Å². The lowest BCUT2D eigenvalue weighted by Gasteiger charge is -2.06. The van der Waals surface area contributed by atoms with Crippen LogP contribution in [-0.2, 0) is 0 Å². The molecule has 0 aliphatic carbocycles. The molecule has 7 heteroatoms. The fourth-order valence-corrected chi connectivity index (χ4v) is 2.35. The zero-order valence-corrected chi connectivity index (χ0v) is 13.3. The van der Waals surface area contributed by atoms with Gasteiger partial charge in [-0.05, 0) is 36.8 Å². The fraction of sp³-hybridized carbons (Fsp3) is 0.0556. The first-order valence-electron chi connectivity index (χ1n) is 7.49. The van der Waals surface area contributed by atoms with E-state index in [9.17, 15) is 14.9 Å². The zero-order valence-electron chi connectivity index (χ0n) is 13.3. The third-order valence-electron chi connectivity index (χ3n) is 3.64. The smallest absolute Gasteiger partial charge is 0.267 e. The molecule has 2 aromatic carbocycles. The Morgan fingerprint density at radius 3 is 2.64 bits per heavy atom. The van der Waals surface area contributed by atoms with Crippen LogP contribution in [0.2, 0.25) is 0 Å². The lowest BCUT2D eigenvalue weighted by Crippen LogP contribution is -2.19. The Balaban J connectivity index is 1.74. The molecule has 1 amide bonds. The molecule has 1 N–H and O–H groups in total. The number of nitro groups is 1. The quantitative estimate of drug-likeness (QED) is 0.450. The van der Waals surface area contributed by atoms with Crippen LogP contribution >= 0.6 is 0 Å². The zero-order chi connectivity index (χ0) is 17.8. The minimum absolute atomic E-state index is 0.000881. The average Bonchev–Trinajstić information content (AvgIpc) is 2.61. The van der Waals surface area contributed by atoms with Crippen molar-refractivity contribution in [1.29, 1.82) is 0 Å². The molecular formula is C18H14N4O3. The van der Waals surface area contributed by atoms with Crippen LogP contribution in [0.3, 0.4) is 0 Å². The number of aromatic nitrogens is 1. The van der Waals surface area contributed by atoms with Crippen molar-refractivity contribution in [1.82, 2.24) is 10.4 Å². The highest BCUT2D eigenvalue weighted by Gasteiger charge is 2.10. The Kier molecular flexibility index (Phi) is 4.47. The van der Waals surface area contributed by atoms with Gasteiger partial charge in [0.15, 0.2) is 0 Å². The predicted molar refractivity (Wildman–Crippen MR) is 94.6 cm³/mol. The standard InChI is InChI=1S/C18H14N4O3/c1-12-16(10-14-4-2-3-5-17(14)20-12)18(23)21-19-11-13-6-8-15(9-7-13)22(24)25/h2-11H,1H3,(H,21,23). The molecule has 3 rings (SSSR count). The Morgan fingerprint density at radius 2 is 1.92 bits per heavy atom. The average molecular weight is 334 g/mol. The van der Waals surface area contributed by atoms with Gasteiger partial charge in [0.05, 0.1) is 27.9 Å². The lowest BCUT2D eigenvalue weighted by molar-refractivity contribution is -0.384. The first-order chi connectivity index (χ1) is 12.0. The molecule has 3 aromatic rings. The molecule has 0 saturated heterocycles. The summed E-state index contributed by atoms with van der Waals surface area (Å²) >= 11 is 0. The second-order valence-corrected chi connectivity index (χ2v) is 5.36. The number of nitro benzene ring substituents is 1. The molecule has 0 saturated carbocycles. The molecule has 0 aliphatic rings. The van der Waals surface area contributed by atoms with E-state index in [1.165, 1.54) is 18.3 Å². The van der Waals surface area contributed by atoms with Crippen LogP contribution in [0.4, 0.5) is 5.69 Å². The van der Waals surface area contributed by atoms with Gasteiger partial charge in [-0.25, -0.2) is 5.43 Å². The summed E-state index contributed by atoms with van der Waals surface area (Å²) < 4.78 is 0. The molecule has 25 heavy (non-hydrogen) atoms. The summed E-state index contributed by atoms with van der Waals surface area (Å²) in [5, 5.41) is 15.4. The maximum atomic E-state index is 12.3. The number of fused-ring (bicyclic) bond motifs is 1. The first-order valence-corrected chi connectivity index (χ1v) is 7.49. The van der Waals surface area contributed by atoms with E-state index in [2.05, 4.69) is 15.5 Å². The summed E-state index contributed by atoms with van der Waals surface area (Å²) in [4.78, 5) is 26.8. The van der Waals surface area contributed by atoms with E-state index in [0.29, 0.717) is 16.8 Å². The van der Waals surface area contributed by atoms with E-state index in [4.69, 9.17) is 0 Å². The third kappa shape index (κ3) is 3.66. The molecule has 7 nitrogen and oxygen atoms in total. The van der Waals surface area contributed by atoms with E-state index in [1.54, 1.807) is 25.1 Å². The number of hydrogen-bond acceptors (Lipinski definition) is 5. The van der Waals surface area contributed by atoms with Crippen LogP contribution in [0.15, 0.2) is 59.7 Å². The number of benzene rings is 2. The van der Waals surface area contributed by atoms with Crippen LogP contribution in [0, 0.1) is 17.0 Å². The van der Waals surface area contributed by atoms with Gasteiger partial charge in [-0.3, -0.25) is 19.9 Å². The van der Waals surface area contributed by atoms with Crippen molar-refractivity contribution in [3.63, 3.8) is 0 Å². The summed E-state index contributed by atoms with van der Waals surface area (Å²) in [5.41, 5.74) is 4.97. The number of nitrogens with zero attached hydrogens (tertiary/aromatic N) is 3. The van der Waals surface area contributed by atoms with Gasteiger partial charge in [-0.1, -0.05) is 18.2 Å². The van der Waals surface area contributed by atoms with Crippen molar-refractivity contribution in [2.24, 2.45) is 5.10 Å². The molecule has 0 aliphatic heterocycles. The largest absolute Gasteiger partial charge is 0.273 e. The van der Waals surface area contributed by atoms with Gasteiger partial charge in [0.25, 0.3) is 11.6 Å². The molecule has 0 bridgehead atoms. The fourth-order valence-electron chi connectivity index (χ4n) is 2.35. The summed E-state index contributed by atoms with van der Waals surface area (Å²) in [6, 6.07) is 15.2. The topological polar surface area (TPSA) is 97.5 Å². The minimum Gasteiger partial charge on any atom is -0.267 e. The van der Waals surface area contributed by atoms with Crippen molar-refractivity contribution >= 4 is 28.7 Å². The molecule has 0 spiro atoms. The van der Waals surface area contributed by atoms with Crippen LogP contribution in [-0.4, -0.2) is 22.0 Å². The number of carbonyl (C=O) groups is 1. The first kappa shape index (κ1) is 16.3. The van der Waals surface area contributed by atoms with Gasteiger partial charge in [0.1, 0.15) is 0 Å². The number of para-hydroxylation sites is 1. The van der Waals surface area contributed by atoms with Crippen LogP contribution in [0.5, 0.6) is 0 Å². The van der Waals surface area contributed by atoms with Gasteiger partial charge in [-0.2, -0.15) is 5.10 Å². The number of amides is 1. The summed E-state index contributed by atoms with van der Waals surface area (Å²) in [6.07, 6.45) is 1.42. The molecule has 1 aromatic heterocycles. The van der Waals surface area contributed by atoms with Gasteiger partial charge < -0.3 is 0 Å². The maximum absolute atomic E-state index is 12.3. The molecule has 0 atom stereocenters. The monoisotopic (exact) mass is 334 g/mol. The maximum Gasteiger partial charge on any atom is 0.273 e. The summed E-state index contributed by atoms with van der Waals surface area (Å²) in [5.74, 6) is -0.367. The summed E-state index contributed by atoms with van der Waals surface area (Å²) in [6.45, 7) is 1.77. The van der Waals surface area contributed by atoms with Crippen molar-refractivity contribution < 1.29 is 9.72 Å². The van der Waals surface area contributed by atoms with Gasteiger partial charge in [-0.15, -0.1) is 0 Å². The Labute approximate surface area is 143 Å². The van der Waals surface area contributed by atoms with E-state index in [0.717, 1.165) is 10.9 Å². The Morgan fingerprint density at radius 1 is 1.20 bits per heavy atom. The van der Waals surface area contributed by atoms with E-state index in [1.807, 2.05) is 24.3 Å². The number of rotatable bonds is 4. The van der Waals surface area contributed by atoms with Crippen molar-refractivity contribution in [2.45, 2.75) is 6.92 Å². The minimum atomic E-state index is -0.474. The Bertz CT molecular complexity index is 981. The third-order valence-corrected chi connectivity index (χ3v) is 3.64. The second-order valence-electron chi connectivity index (χ2n) is 5.36.